The van der Waals surface area contributed by atoms with Gasteiger partial charge in [0, 0.05) is 36.8 Å². The molecule has 0 aromatic heterocycles. The van der Waals surface area contributed by atoms with Gasteiger partial charge in [-0.05, 0) is 42.8 Å². The highest BCUT2D eigenvalue weighted by molar-refractivity contribution is 6.31. The molecule has 1 heterocycles. The first-order valence-electron chi connectivity index (χ1n) is 9.05. The lowest BCUT2D eigenvalue weighted by atomic mass is 9.94. The zero-order valence-electron chi connectivity index (χ0n) is 15.3. The van der Waals surface area contributed by atoms with Crippen LogP contribution in [0.25, 0.3) is 0 Å². The van der Waals surface area contributed by atoms with Gasteiger partial charge in [-0.3, -0.25) is 4.90 Å². The summed E-state index contributed by atoms with van der Waals surface area (Å²) < 4.78 is 46.1. The summed E-state index contributed by atoms with van der Waals surface area (Å²) >= 11 is 12.1. The van der Waals surface area contributed by atoms with Crippen molar-refractivity contribution >= 4 is 23.2 Å². The molecule has 0 amide bonds. The average molecular weight is 433 g/mol. The summed E-state index contributed by atoms with van der Waals surface area (Å²) in [6.45, 7) is 5.18. The fraction of sp³-hybridized carbons (Fsp3) is 0.400. The lowest BCUT2D eigenvalue weighted by molar-refractivity contribution is -0.137. The van der Waals surface area contributed by atoms with Crippen molar-refractivity contribution in [2.24, 2.45) is 0 Å². The van der Waals surface area contributed by atoms with Crippen LogP contribution in [-0.4, -0.2) is 37.7 Å². The second-order valence-corrected chi connectivity index (χ2v) is 7.38. The number of piperazine rings is 1. The minimum atomic E-state index is -4.53. The van der Waals surface area contributed by atoms with E-state index in [0.717, 1.165) is 24.7 Å². The van der Waals surface area contributed by atoms with E-state index < -0.39 is 17.8 Å². The van der Waals surface area contributed by atoms with E-state index in [1.54, 1.807) is 24.3 Å². The predicted octanol–water partition coefficient (Wildman–Crippen LogP) is 5.41. The maximum Gasteiger partial charge on any atom is 0.417 e. The van der Waals surface area contributed by atoms with E-state index in [-0.39, 0.29) is 5.02 Å². The third-order valence-electron chi connectivity index (χ3n) is 4.69. The molecule has 1 unspecified atom stereocenters. The fourth-order valence-corrected chi connectivity index (χ4v) is 3.88. The molecule has 3 nitrogen and oxygen atoms in total. The first-order chi connectivity index (χ1) is 13.3. The van der Waals surface area contributed by atoms with Crippen LogP contribution in [0, 0.1) is 0 Å². The third kappa shape index (κ3) is 4.74. The standard InChI is InChI=1S/C20H21Cl2F3N2O/c1-2-28-18-6-4-14(21)12-15(18)19(27-9-7-26-8-10-27)13-3-5-17(22)16(11-13)20(23,24)25/h3-6,11-12,19,26H,2,7-10H2,1H3. The summed E-state index contributed by atoms with van der Waals surface area (Å²) in [7, 11) is 0. The molecule has 1 aliphatic heterocycles. The maximum atomic E-state index is 13.4. The Labute approximate surface area is 172 Å². The molecule has 1 N–H and O–H groups in total. The van der Waals surface area contributed by atoms with Crippen LogP contribution in [0.5, 0.6) is 5.75 Å². The number of halogens is 5. The van der Waals surface area contributed by atoms with Crippen LogP contribution in [0.15, 0.2) is 36.4 Å². The second kappa shape index (κ2) is 8.91. The van der Waals surface area contributed by atoms with Gasteiger partial charge in [-0.1, -0.05) is 29.3 Å². The summed E-state index contributed by atoms with van der Waals surface area (Å²) in [5.41, 5.74) is 0.403. The molecular formula is C20H21Cl2F3N2O. The molecular weight excluding hydrogens is 412 g/mol. The predicted molar refractivity (Wildman–Crippen MR) is 105 cm³/mol. The number of nitrogens with one attached hydrogen (secondary N) is 1. The number of hydrogen-bond donors (Lipinski definition) is 1. The van der Waals surface area contributed by atoms with Crippen molar-refractivity contribution in [3.05, 3.63) is 63.1 Å². The summed E-state index contributed by atoms with van der Waals surface area (Å²) in [5, 5.41) is 3.46. The van der Waals surface area contributed by atoms with Crippen LogP contribution < -0.4 is 10.1 Å². The minimum absolute atomic E-state index is 0.313. The Hall–Kier alpha value is -1.47. The van der Waals surface area contributed by atoms with Crippen molar-refractivity contribution in [1.29, 1.82) is 0 Å². The van der Waals surface area contributed by atoms with E-state index in [2.05, 4.69) is 10.2 Å². The topological polar surface area (TPSA) is 24.5 Å². The Balaban J connectivity index is 2.15. The van der Waals surface area contributed by atoms with E-state index in [9.17, 15) is 13.2 Å². The van der Waals surface area contributed by atoms with Gasteiger partial charge in [0.25, 0.3) is 0 Å². The molecule has 1 saturated heterocycles. The van der Waals surface area contributed by atoms with Crippen LogP contribution in [-0.2, 0) is 6.18 Å². The number of ether oxygens (including phenoxy) is 1. The molecule has 8 heteroatoms. The van der Waals surface area contributed by atoms with Crippen molar-refractivity contribution in [2.75, 3.05) is 32.8 Å². The normalized spacial score (nSPS) is 16.8. The van der Waals surface area contributed by atoms with Gasteiger partial charge in [-0.15, -0.1) is 0 Å². The van der Waals surface area contributed by atoms with Crippen LogP contribution in [0.1, 0.15) is 29.7 Å². The maximum absolute atomic E-state index is 13.4. The first kappa shape index (κ1) is 21.2. The average Bonchev–Trinajstić information content (AvgIpc) is 2.65. The van der Waals surface area contributed by atoms with E-state index >= 15 is 0 Å². The van der Waals surface area contributed by atoms with Crippen molar-refractivity contribution in [1.82, 2.24) is 10.2 Å². The molecule has 3 rings (SSSR count). The lowest BCUT2D eigenvalue weighted by Crippen LogP contribution is -2.45. The highest BCUT2D eigenvalue weighted by Gasteiger charge is 2.35. The van der Waals surface area contributed by atoms with E-state index in [1.165, 1.54) is 6.07 Å². The Morgan fingerprint density at radius 1 is 1.11 bits per heavy atom. The fourth-order valence-electron chi connectivity index (χ4n) is 3.48. The van der Waals surface area contributed by atoms with Gasteiger partial charge in [-0.25, -0.2) is 0 Å². The van der Waals surface area contributed by atoms with Crippen molar-refractivity contribution < 1.29 is 17.9 Å². The van der Waals surface area contributed by atoms with Crippen molar-refractivity contribution in [3.8, 4) is 5.75 Å². The molecule has 0 spiro atoms. The number of rotatable bonds is 5. The lowest BCUT2D eigenvalue weighted by Gasteiger charge is -2.36. The Morgan fingerprint density at radius 3 is 2.46 bits per heavy atom. The monoisotopic (exact) mass is 432 g/mol. The van der Waals surface area contributed by atoms with Gasteiger partial charge >= 0.3 is 6.18 Å². The summed E-state index contributed by atoms with van der Waals surface area (Å²) in [5.74, 6) is 0.610. The molecule has 28 heavy (non-hydrogen) atoms. The molecule has 0 radical (unpaired) electrons. The highest BCUT2D eigenvalue weighted by Crippen LogP contribution is 2.41. The summed E-state index contributed by atoms with van der Waals surface area (Å²) in [4.78, 5) is 2.13. The number of hydrogen-bond acceptors (Lipinski definition) is 3. The molecule has 2 aromatic rings. The van der Waals surface area contributed by atoms with Crippen LogP contribution in [0.2, 0.25) is 10.0 Å². The van der Waals surface area contributed by atoms with Crippen molar-refractivity contribution in [3.63, 3.8) is 0 Å². The quantitative estimate of drug-likeness (QED) is 0.683. The zero-order chi connectivity index (χ0) is 20.3. The zero-order valence-corrected chi connectivity index (χ0v) is 16.8. The van der Waals surface area contributed by atoms with Crippen LogP contribution in [0.4, 0.5) is 13.2 Å². The van der Waals surface area contributed by atoms with E-state index in [0.29, 0.717) is 36.0 Å². The molecule has 2 aromatic carbocycles. The minimum Gasteiger partial charge on any atom is -0.494 e. The second-order valence-electron chi connectivity index (χ2n) is 6.54. The first-order valence-corrected chi connectivity index (χ1v) is 9.80. The summed E-state index contributed by atoms with van der Waals surface area (Å²) in [6.07, 6.45) is -4.53. The number of alkyl halides is 3. The third-order valence-corrected chi connectivity index (χ3v) is 5.26. The van der Waals surface area contributed by atoms with E-state index in [1.807, 2.05) is 6.92 Å². The van der Waals surface area contributed by atoms with Gasteiger partial charge in [0.2, 0.25) is 0 Å². The summed E-state index contributed by atoms with van der Waals surface area (Å²) in [6, 6.07) is 8.89. The van der Waals surface area contributed by atoms with Gasteiger partial charge < -0.3 is 10.1 Å². The molecule has 0 saturated carbocycles. The number of nitrogens with zero attached hydrogens (tertiary/aromatic N) is 1. The number of benzene rings is 2. The molecule has 152 valence electrons. The molecule has 1 atom stereocenters. The molecule has 0 bridgehead atoms. The molecule has 0 aliphatic carbocycles. The van der Waals surface area contributed by atoms with Gasteiger partial charge in [0.1, 0.15) is 5.75 Å². The van der Waals surface area contributed by atoms with Gasteiger partial charge in [0.15, 0.2) is 0 Å². The Kier molecular flexibility index (Phi) is 6.76. The van der Waals surface area contributed by atoms with E-state index in [4.69, 9.17) is 27.9 Å². The smallest absolute Gasteiger partial charge is 0.417 e. The van der Waals surface area contributed by atoms with Gasteiger partial charge in [0.05, 0.1) is 23.2 Å². The largest absolute Gasteiger partial charge is 0.494 e. The van der Waals surface area contributed by atoms with Crippen LogP contribution >= 0.6 is 23.2 Å². The Bertz CT molecular complexity index is 824. The van der Waals surface area contributed by atoms with Crippen molar-refractivity contribution in [2.45, 2.75) is 19.1 Å². The van der Waals surface area contributed by atoms with Crippen LogP contribution in [0.3, 0.4) is 0 Å². The molecule has 1 aliphatic rings. The molecule has 1 fully saturated rings. The SMILES string of the molecule is CCOc1ccc(Cl)cc1C(c1ccc(Cl)c(C(F)(F)F)c1)N1CCNCC1. The Morgan fingerprint density at radius 2 is 1.82 bits per heavy atom. The van der Waals surface area contributed by atoms with Gasteiger partial charge in [-0.2, -0.15) is 13.2 Å². The highest BCUT2D eigenvalue weighted by atomic mass is 35.5.